The Morgan fingerprint density at radius 1 is 1.31 bits per heavy atom. The largest absolute Gasteiger partial charge is 0.477 e. The molecule has 1 fully saturated rings. The fourth-order valence-electron chi connectivity index (χ4n) is 2.64. The van der Waals surface area contributed by atoms with Crippen molar-refractivity contribution in [3.05, 3.63) is 46.6 Å². The van der Waals surface area contributed by atoms with Crippen molar-refractivity contribution in [2.45, 2.75) is 17.5 Å². The van der Waals surface area contributed by atoms with Crippen LogP contribution in [0.2, 0.25) is 0 Å². The van der Waals surface area contributed by atoms with Gasteiger partial charge in [-0.3, -0.25) is 14.5 Å². The smallest absolute Gasteiger partial charge is 0.353 e. The van der Waals surface area contributed by atoms with Crippen molar-refractivity contribution in [2.75, 3.05) is 5.75 Å². The summed E-state index contributed by atoms with van der Waals surface area (Å²) in [6.45, 7) is 0. The number of carbonyl (C=O) groups excluding carboxylic acids is 2. The van der Waals surface area contributed by atoms with E-state index in [2.05, 4.69) is 5.32 Å². The van der Waals surface area contributed by atoms with Crippen LogP contribution >= 0.6 is 23.4 Å². The van der Waals surface area contributed by atoms with Gasteiger partial charge in [0, 0.05) is 5.75 Å². The first-order valence-electron chi connectivity index (χ1n) is 7.09. The van der Waals surface area contributed by atoms with E-state index in [0.717, 1.165) is 4.90 Å². The molecule has 1 saturated heterocycles. The number of carbonyl (C=O) groups is 3. The van der Waals surface area contributed by atoms with Crippen LogP contribution in [0.3, 0.4) is 0 Å². The minimum Gasteiger partial charge on any atom is -0.477 e. The Kier molecular flexibility index (Phi) is 7.18. The van der Waals surface area contributed by atoms with Crippen molar-refractivity contribution in [1.82, 2.24) is 10.2 Å². The second kappa shape index (κ2) is 8.52. The minimum absolute atomic E-state index is 0. The van der Waals surface area contributed by atoms with Gasteiger partial charge in [0.2, 0.25) is 5.91 Å². The summed E-state index contributed by atoms with van der Waals surface area (Å²) < 4.78 is 0. The average molecular weight is 404 g/mol. The number of nitrogens with two attached hydrogens (primary N) is 1. The summed E-state index contributed by atoms with van der Waals surface area (Å²) in [5.41, 5.74) is 6.32. The van der Waals surface area contributed by atoms with Crippen LogP contribution in [0, 0.1) is 0 Å². The highest BCUT2D eigenvalue weighted by Gasteiger charge is 2.54. The molecule has 1 unspecified atom stereocenters. The molecule has 142 valence electrons. The molecule has 9 nitrogen and oxygen atoms in total. The maximum absolute atomic E-state index is 12.3. The first-order chi connectivity index (χ1) is 11.4. The van der Waals surface area contributed by atoms with Crippen LogP contribution in [-0.2, 0) is 14.4 Å². The van der Waals surface area contributed by atoms with Gasteiger partial charge in [0.25, 0.3) is 5.91 Å². The van der Waals surface area contributed by atoms with E-state index in [1.807, 2.05) is 6.07 Å². The number of carboxylic acids is 1. The SMILES string of the molecule is NC(C(=O)N[C@@H]1C(=O)N2C(C(=O)O)=C(Cl)CS[C@H]12)c1ccccc1.O.O. The van der Waals surface area contributed by atoms with Gasteiger partial charge in [-0.2, -0.15) is 0 Å². The number of thioether (sulfide) groups is 1. The maximum Gasteiger partial charge on any atom is 0.353 e. The van der Waals surface area contributed by atoms with Crippen molar-refractivity contribution in [1.29, 1.82) is 0 Å². The molecule has 0 spiro atoms. The Bertz CT molecular complexity index is 744. The molecule has 0 aromatic heterocycles. The standard InChI is InChI=1S/C15H14ClN3O4S.2H2O/c16-8-6-24-14-10(13(21)19(14)11(8)15(22)23)18-12(20)9(17)7-4-2-1-3-5-7;;/h1-5,9-10,14H,6,17H2,(H,18,20)(H,22,23);2*1H2/t9?,10-,14-;;/m1../s1. The van der Waals surface area contributed by atoms with Gasteiger partial charge in [0.05, 0.1) is 5.03 Å². The Labute approximate surface area is 157 Å². The van der Waals surface area contributed by atoms with Gasteiger partial charge < -0.3 is 27.1 Å². The summed E-state index contributed by atoms with van der Waals surface area (Å²) >= 11 is 7.20. The van der Waals surface area contributed by atoms with Gasteiger partial charge in [-0.05, 0) is 5.56 Å². The Hall–Kier alpha value is -2.11. The fraction of sp³-hybridized carbons (Fsp3) is 0.267. The summed E-state index contributed by atoms with van der Waals surface area (Å²) in [6, 6.07) is 7.07. The van der Waals surface area contributed by atoms with Crippen molar-refractivity contribution in [3.63, 3.8) is 0 Å². The van der Waals surface area contributed by atoms with Crippen molar-refractivity contribution in [3.8, 4) is 0 Å². The van der Waals surface area contributed by atoms with Crippen molar-refractivity contribution >= 4 is 41.1 Å². The molecule has 3 atom stereocenters. The number of β-lactam (4-membered cyclic amide) rings is 1. The number of nitrogens with zero attached hydrogens (tertiary/aromatic N) is 1. The van der Waals surface area contributed by atoms with Gasteiger partial charge in [0.1, 0.15) is 23.2 Å². The third kappa shape index (κ3) is 3.69. The second-order valence-corrected chi connectivity index (χ2v) is 6.90. The molecule has 2 aliphatic heterocycles. The van der Waals surface area contributed by atoms with Crippen LogP contribution in [0.5, 0.6) is 0 Å². The number of carboxylic acid groups (broad SMARTS) is 1. The lowest BCUT2D eigenvalue weighted by atomic mass is 10.0. The normalized spacial score (nSPS) is 22.2. The predicted octanol–water partition coefficient (Wildman–Crippen LogP) is -1.03. The number of nitrogens with one attached hydrogen (secondary N) is 1. The molecule has 0 aliphatic carbocycles. The lowest BCUT2D eigenvalue weighted by Crippen LogP contribution is -2.70. The predicted molar refractivity (Wildman–Crippen MR) is 96.1 cm³/mol. The average Bonchev–Trinajstić information content (AvgIpc) is 2.59. The summed E-state index contributed by atoms with van der Waals surface area (Å²) in [5.74, 6) is -1.98. The number of halogens is 1. The first-order valence-corrected chi connectivity index (χ1v) is 8.52. The van der Waals surface area contributed by atoms with Crippen LogP contribution in [0.4, 0.5) is 0 Å². The van der Waals surface area contributed by atoms with E-state index in [4.69, 9.17) is 17.3 Å². The van der Waals surface area contributed by atoms with Crippen LogP contribution in [-0.4, -0.2) is 55.9 Å². The number of rotatable bonds is 4. The highest BCUT2D eigenvalue weighted by molar-refractivity contribution is 8.00. The van der Waals surface area contributed by atoms with Gasteiger partial charge in [-0.1, -0.05) is 41.9 Å². The molecule has 2 aliphatic rings. The Morgan fingerprint density at radius 2 is 1.92 bits per heavy atom. The van der Waals surface area contributed by atoms with Gasteiger partial charge in [-0.25, -0.2) is 4.79 Å². The molecule has 1 aromatic rings. The lowest BCUT2D eigenvalue weighted by Gasteiger charge is -2.48. The zero-order valence-electron chi connectivity index (χ0n) is 13.3. The number of benzene rings is 1. The quantitative estimate of drug-likeness (QED) is 0.541. The van der Waals surface area contributed by atoms with E-state index >= 15 is 0 Å². The summed E-state index contributed by atoms with van der Waals surface area (Å²) in [7, 11) is 0. The topological polar surface area (TPSA) is 176 Å². The minimum atomic E-state index is -1.26. The highest BCUT2D eigenvalue weighted by Crippen LogP contribution is 2.41. The number of amides is 2. The monoisotopic (exact) mass is 403 g/mol. The van der Waals surface area contributed by atoms with E-state index in [9.17, 15) is 19.5 Å². The van der Waals surface area contributed by atoms with Crippen LogP contribution in [0.1, 0.15) is 11.6 Å². The van der Waals surface area contributed by atoms with Crippen LogP contribution < -0.4 is 11.1 Å². The number of hydrogen-bond acceptors (Lipinski definition) is 5. The first kappa shape index (κ1) is 21.9. The fourth-order valence-corrected chi connectivity index (χ4v) is 4.19. The highest BCUT2D eigenvalue weighted by atomic mass is 35.5. The third-order valence-electron chi connectivity index (χ3n) is 3.86. The molecule has 2 amide bonds. The van der Waals surface area contributed by atoms with Crippen LogP contribution in [0.15, 0.2) is 41.1 Å². The molecule has 2 heterocycles. The number of hydrogen-bond donors (Lipinski definition) is 3. The summed E-state index contributed by atoms with van der Waals surface area (Å²) in [6.07, 6.45) is 0. The zero-order chi connectivity index (χ0) is 17.4. The van der Waals surface area contributed by atoms with Gasteiger partial charge >= 0.3 is 5.97 Å². The number of aliphatic carboxylic acids is 1. The molecule has 1 aromatic carbocycles. The van der Waals surface area contributed by atoms with Crippen LogP contribution in [0.25, 0.3) is 0 Å². The van der Waals surface area contributed by atoms with E-state index in [1.165, 1.54) is 11.8 Å². The third-order valence-corrected chi connectivity index (χ3v) is 5.61. The summed E-state index contributed by atoms with van der Waals surface area (Å²) in [4.78, 5) is 36.9. The molecular formula is C15H18ClN3O6S. The molecular weight excluding hydrogens is 386 g/mol. The molecule has 8 N–H and O–H groups in total. The maximum atomic E-state index is 12.3. The molecule has 0 bridgehead atoms. The van der Waals surface area contributed by atoms with Gasteiger partial charge in [0.15, 0.2) is 0 Å². The molecule has 3 rings (SSSR count). The van der Waals surface area contributed by atoms with Gasteiger partial charge in [-0.15, -0.1) is 11.8 Å². The van der Waals surface area contributed by atoms with E-state index in [1.54, 1.807) is 24.3 Å². The molecule has 0 saturated carbocycles. The lowest BCUT2D eigenvalue weighted by molar-refractivity contribution is -0.150. The molecule has 0 radical (unpaired) electrons. The molecule has 26 heavy (non-hydrogen) atoms. The Balaban J connectivity index is 0.00000169. The number of fused-ring (bicyclic) bond motifs is 1. The van der Waals surface area contributed by atoms with E-state index in [0.29, 0.717) is 5.56 Å². The van der Waals surface area contributed by atoms with E-state index < -0.39 is 35.2 Å². The molecule has 11 heteroatoms. The van der Waals surface area contributed by atoms with Crippen molar-refractivity contribution < 1.29 is 30.4 Å². The Morgan fingerprint density at radius 3 is 2.50 bits per heavy atom. The second-order valence-electron chi connectivity index (χ2n) is 5.34. The van der Waals surface area contributed by atoms with E-state index in [-0.39, 0.29) is 27.4 Å². The summed E-state index contributed by atoms with van der Waals surface area (Å²) in [5, 5.41) is 11.4. The zero-order valence-corrected chi connectivity index (χ0v) is 14.9. The van der Waals surface area contributed by atoms with Crippen molar-refractivity contribution in [2.24, 2.45) is 5.73 Å².